The SMILES string of the molecule is COc1ccc2[nH]c(C)c(CC(=O)NC(=O)c3ccc(Cl)cc3)c2c1. The zero-order chi connectivity index (χ0) is 18.0. The maximum Gasteiger partial charge on any atom is 0.257 e. The van der Waals surface area contributed by atoms with E-state index in [-0.39, 0.29) is 12.3 Å². The number of hydrogen-bond acceptors (Lipinski definition) is 3. The molecule has 0 aliphatic carbocycles. The van der Waals surface area contributed by atoms with Crippen molar-refractivity contribution in [3.63, 3.8) is 0 Å². The Morgan fingerprint density at radius 3 is 2.56 bits per heavy atom. The number of carbonyl (C=O) groups is 2. The number of imide groups is 1. The minimum atomic E-state index is -0.447. The van der Waals surface area contributed by atoms with E-state index in [0.29, 0.717) is 16.3 Å². The van der Waals surface area contributed by atoms with E-state index >= 15 is 0 Å². The third-order valence-electron chi connectivity index (χ3n) is 4.02. The summed E-state index contributed by atoms with van der Waals surface area (Å²) in [5.41, 5.74) is 3.04. The molecule has 2 amide bonds. The van der Waals surface area contributed by atoms with Crippen LogP contribution in [0.3, 0.4) is 0 Å². The predicted molar refractivity (Wildman–Crippen MR) is 97.2 cm³/mol. The molecule has 0 radical (unpaired) electrons. The first kappa shape index (κ1) is 17.0. The number of amides is 2. The third-order valence-corrected chi connectivity index (χ3v) is 4.28. The quantitative estimate of drug-likeness (QED) is 0.749. The van der Waals surface area contributed by atoms with E-state index in [9.17, 15) is 9.59 Å². The number of rotatable bonds is 4. The summed E-state index contributed by atoms with van der Waals surface area (Å²) in [4.78, 5) is 27.7. The monoisotopic (exact) mass is 356 g/mol. The second kappa shape index (κ2) is 6.99. The minimum Gasteiger partial charge on any atom is -0.497 e. The molecule has 0 saturated carbocycles. The first-order valence-corrected chi connectivity index (χ1v) is 8.10. The molecule has 128 valence electrons. The topological polar surface area (TPSA) is 71.2 Å². The summed E-state index contributed by atoms with van der Waals surface area (Å²) in [6.45, 7) is 1.90. The highest BCUT2D eigenvalue weighted by Gasteiger charge is 2.16. The van der Waals surface area contributed by atoms with Crippen LogP contribution >= 0.6 is 11.6 Å². The van der Waals surface area contributed by atoms with Gasteiger partial charge in [-0.2, -0.15) is 0 Å². The maximum absolute atomic E-state index is 12.3. The fourth-order valence-electron chi connectivity index (χ4n) is 2.72. The first-order valence-electron chi connectivity index (χ1n) is 7.73. The summed E-state index contributed by atoms with van der Waals surface area (Å²) in [7, 11) is 1.60. The number of ether oxygens (including phenoxy) is 1. The first-order chi connectivity index (χ1) is 12.0. The van der Waals surface area contributed by atoms with Crippen LogP contribution in [0, 0.1) is 6.92 Å². The maximum atomic E-state index is 12.3. The summed E-state index contributed by atoms with van der Waals surface area (Å²) >= 11 is 5.80. The van der Waals surface area contributed by atoms with Gasteiger partial charge in [-0.3, -0.25) is 14.9 Å². The average Bonchev–Trinajstić information content (AvgIpc) is 2.90. The van der Waals surface area contributed by atoms with Crippen LogP contribution < -0.4 is 10.1 Å². The van der Waals surface area contributed by atoms with Gasteiger partial charge >= 0.3 is 0 Å². The Morgan fingerprint density at radius 2 is 1.88 bits per heavy atom. The molecule has 6 heteroatoms. The Labute approximate surface area is 149 Å². The number of benzene rings is 2. The summed E-state index contributed by atoms with van der Waals surface area (Å²) in [5, 5.41) is 3.85. The molecule has 0 spiro atoms. The molecule has 0 unspecified atom stereocenters. The lowest BCUT2D eigenvalue weighted by Crippen LogP contribution is -2.31. The predicted octanol–water partition coefficient (Wildman–Crippen LogP) is 3.64. The van der Waals surface area contributed by atoms with Gasteiger partial charge in [-0.1, -0.05) is 11.6 Å². The number of carbonyl (C=O) groups excluding carboxylic acids is 2. The van der Waals surface area contributed by atoms with Gasteiger partial charge in [0.15, 0.2) is 0 Å². The zero-order valence-electron chi connectivity index (χ0n) is 13.9. The van der Waals surface area contributed by atoms with Gasteiger partial charge in [-0.05, 0) is 55.0 Å². The fourth-order valence-corrected chi connectivity index (χ4v) is 2.85. The van der Waals surface area contributed by atoms with Gasteiger partial charge in [-0.15, -0.1) is 0 Å². The van der Waals surface area contributed by atoms with E-state index in [1.165, 1.54) is 0 Å². The molecule has 0 atom stereocenters. The van der Waals surface area contributed by atoms with Crippen molar-refractivity contribution in [1.82, 2.24) is 10.3 Å². The number of fused-ring (bicyclic) bond motifs is 1. The van der Waals surface area contributed by atoms with Crippen molar-refractivity contribution < 1.29 is 14.3 Å². The van der Waals surface area contributed by atoms with Crippen LogP contribution in [0.15, 0.2) is 42.5 Å². The normalized spacial score (nSPS) is 10.7. The van der Waals surface area contributed by atoms with Gasteiger partial charge in [0.1, 0.15) is 5.75 Å². The van der Waals surface area contributed by atoms with Gasteiger partial charge in [0.2, 0.25) is 5.91 Å². The van der Waals surface area contributed by atoms with Gasteiger partial charge in [0, 0.05) is 27.2 Å². The molecule has 0 saturated heterocycles. The van der Waals surface area contributed by atoms with Crippen molar-refractivity contribution in [3.05, 3.63) is 64.3 Å². The summed E-state index contributed by atoms with van der Waals surface area (Å²) in [6, 6.07) is 12.0. The smallest absolute Gasteiger partial charge is 0.257 e. The number of H-pyrrole nitrogens is 1. The Hall–Kier alpha value is -2.79. The number of nitrogens with one attached hydrogen (secondary N) is 2. The van der Waals surface area contributed by atoms with E-state index in [2.05, 4.69) is 10.3 Å². The summed E-state index contributed by atoms with van der Waals surface area (Å²) in [6.07, 6.45) is 0.0956. The Morgan fingerprint density at radius 1 is 1.16 bits per heavy atom. The van der Waals surface area contributed by atoms with E-state index in [4.69, 9.17) is 16.3 Å². The molecule has 0 fully saturated rings. The molecule has 5 nitrogen and oxygen atoms in total. The lowest BCUT2D eigenvalue weighted by Gasteiger charge is -2.06. The number of aromatic nitrogens is 1. The van der Waals surface area contributed by atoms with Crippen molar-refractivity contribution in [2.75, 3.05) is 7.11 Å². The summed E-state index contributed by atoms with van der Waals surface area (Å²) < 4.78 is 5.24. The lowest BCUT2D eigenvalue weighted by atomic mass is 10.1. The fraction of sp³-hybridized carbons (Fsp3) is 0.158. The Balaban J connectivity index is 1.78. The Kier molecular flexibility index (Phi) is 4.76. The van der Waals surface area contributed by atoms with Gasteiger partial charge in [0.05, 0.1) is 13.5 Å². The van der Waals surface area contributed by atoms with Crippen LogP contribution in [0.25, 0.3) is 10.9 Å². The van der Waals surface area contributed by atoms with E-state index in [0.717, 1.165) is 22.2 Å². The molecule has 1 heterocycles. The summed E-state index contributed by atoms with van der Waals surface area (Å²) in [5.74, 6) is -0.103. The minimum absolute atomic E-state index is 0.0956. The highest BCUT2D eigenvalue weighted by molar-refractivity contribution is 6.30. The number of aromatic amines is 1. The second-order valence-electron chi connectivity index (χ2n) is 5.70. The number of halogens is 1. The van der Waals surface area contributed by atoms with Gasteiger partial charge in [-0.25, -0.2) is 0 Å². The highest BCUT2D eigenvalue weighted by Crippen LogP contribution is 2.26. The number of hydrogen-bond donors (Lipinski definition) is 2. The average molecular weight is 357 g/mol. The molecule has 3 rings (SSSR count). The van der Waals surface area contributed by atoms with Crippen LogP contribution in [0.1, 0.15) is 21.6 Å². The lowest BCUT2D eigenvalue weighted by molar-refractivity contribution is -0.119. The van der Waals surface area contributed by atoms with Crippen molar-refractivity contribution in [2.24, 2.45) is 0 Å². The van der Waals surface area contributed by atoms with E-state index in [1.807, 2.05) is 25.1 Å². The standard InChI is InChI=1S/C19H17ClN2O3/c1-11-15(16-9-14(25-2)7-8-17(16)21-11)10-18(23)22-19(24)12-3-5-13(20)6-4-12/h3-9,21H,10H2,1-2H3,(H,22,23,24). The second-order valence-corrected chi connectivity index (χ2v) is 6.14. The molecule has 0 aliphatic heterocycles. The van der Waals surface area contributed by atoms with Crippen molar-refractivity contribution in [1.29, 1.82) is 0 Å². The molecule has 25 heavy (non-hydrogen) atoms. The van der Waals surface area contributed by atoms with Crippen molar-refractivity contribution in [2.45, 2.75) is 13.3 Å². The van der Waals surface area contributed by atoms with Crippen LogP contribution in [0.2, 0.25) is 5.02 Å². The Bertz CT molecular complexity index is 945. The van der Waals surface area contributed by atoms with Gasteiger partial charge < -0.3 is 9.72 Å². The third kappa shape index (κ3) is 3.67. The zero-order valence-corrected chi connectivity index (χ0v) is 14.6. The number of methoxy groups -OCH3 is 1. The molecule has 0 bridgehead atoms. The molecular weight excluding hydrogens is 340 g/mol. The van der Waals surface area contributed by atoms with Crippen LogP contribution in [-0.4, -0.2) is 23.9 Å². The molecule has 1 aromatic heterocycles. The molecule has 0 aliphatic rings. The highest BCUT2D eigenvalue weighted by atomic mass is 35.5. The van der Waals surface area contributed by atoms with E-state index in [1.54, 1.807) is 31.4 Å². The van der Waals surface area contributed by atoms with Crippen molar-refractivity contribution in [3.8, 4) is 5.75 Å². The van der Waals surface area contributed by atoms with Crippen LogP contribution in [0.5, 0.6) is 5.75 Å². The number of aryl methyl sites for hydroxylation is 1. The van der Waals surface area contributed by atoms with E-state index < -0.39 is 5.91 Å². The van der Waals surface area contributed by atoms with Gasteiger partial charge in [0.25, 0.3) is 5.91 Å². The van der Waals surface area contributed by atoms with Crippen LogP contribution in [-0.2, 0) is 11.2 Å². The van der Waals surface area contributed by atoms with Crippen molar-refractivity contribution >= 4 is 34.3 Å². The molecule has 2 aromatic carbocycles. The largest absolute Gasteiger partial charge is 0.497 e. The molecule has 2 N–H and O–H groups in total. The molecular formula is C19H17ClN2O3. The molecule has 3 aromatic rings. The van der Waals surface area contributed by atoms with Crippen LogP contribution in [0.4, 0.5) is 0 Å².